The van der Waals surface area contributed by atoms with Gasteiger partial charge in [-0.25, -0.2) is 9.97 Å². The van der Waals surface area contributed by atoms with Crippen molar-refractivity contribution in [2.45, 2.75) is 6.54 Å². The molecule has 0 aliphatic rings. The number of benzene rings is 3. The highest BCUT2D eigenvalue weighted by Crippen LogP contribution is 2.24. The molecule has 2 N–H and O–H groups in total. The number of nitrogens with one attached hydrogen (secondary N) is 2. The van der Waals surface area contributed by atoms with Crippen LogP contribution in [0.25, 0.3) is 11.0 Å². The maximum atomic E-state index is 11.0. The van der Waals surface area contributed by atoms with E-state index in [9.17, 15) is 10.1 Å². The number of para-hydroxylation sites is 2. The minimum absolute atomic E-state index is 0.00188. The Bertz CT molecular complexity index is 1430. The Balaban J connectivity index is 1.44. The largest absolute Gasteiger partial charge is 0.340 e. The van der Waals surface area contributed by atoms with Gasteiger partial charge in [-0.1, -0.05) is 48.5 Å². The minimum atomic E-state index is -0.435. The molecular weight excluding hydrogens is 418 g/mol. The Hall–Kier alpha value is -4.79. The predicted molar refractivity (Wildman–Crippen MR) is 127 cm³/mol. The fourth-order valence-electron chi connectivity index (χ4n) is 3.53. The molecule has 0 saturated heterocycles. The van der Waals surface area contributed by atoms with E-state index in [1.165, 1.54) is 12.1 Å². The van der Waals surface area contributed by atoms with Gasteiger partial charge in [-0.15, -0.1) is 0 Å². The quantitative estimate of drug-likeness (QED) is 0.263. The van der Waals surface area contributed by atoms with Crippen LogP contribution in [0.3, 0.4) is 0 Å². The molecule has 5 aromatic rings. The first kappa shape index (κ1) is 20.1. The van der Waals surface area contributed by atoms with E-state index in [0.717, 1.165) is 16.6 Å². The third kappa shape index (κ3) is 4.47. The van der Waals surface area contributed by atoms with Gasteiger partial charge in [0.15, 0.2) is 0 Å². The number of hydrogen-bond acceptors (Lipinski definition) is 7. The number of hydrogen-bond donors (Lipinski definition) is 2. The van der Waals surface area contributed by atoms with E-state index in [2.05, 4.69) is 37.3 Å². The average Bonchev–Trinajstić information content (AvgIpc) is 3.17. The number of nitro groups is 1. The summed E-state index contributed by atoms with van der Waals surface area (Å²) in [6.07, 6.45) is 1.61. The topological polar surface area (TPSA) is 111 Å². The normalized spacial score (nSPS) is 10.8. The second-order valence-electron chi connectivity index (χ2n) is 7.32. The van der Waals surface area contributed by atoms with Crippen LogP contribution in [-0.4, -0.2) is 24.4 Å². The van der Waals surface area contributed by atoms with Crippen molar-refractivity contribution in [3.8, 4) is 0 Å². The molecule has 0 radical (unpaired) electrons. The van der Waals surface area contributed by atoms with Crippen molar-refractivity contribution in [2.24, 2.45) is 0 Å². The first-order valence-corrected chi connectivity index (χ1v) is 10.3. The molecule has 0 aliphatic heterocycles. The van der Waals surface area contributed by atoms with Crippen molar-refractivity contribution in [3.63, 3.8) is 0 Å². The zero-order valence-electron chi connectivity index (χ0n) is 17.4. The fraction of sp³-hybridized carbons (Fsp3) is 0.0417. The van der Waals surface area contributed by atoms with E-state index in [1.54, 1.807) is 24.4 Å². The van der Waals surface area contributed by atoms with Gasteiger partial charge in [0.1, 0.15) is 5.82 Å². The molecule has 0 aliphatic carbocycles. The summed E-state index contributed by atoms with van der Waals surface area (Å²) in [6.45, 7) is 0.634. The summed E-state index contributed by atoms with van der Waals surface area (Å²) in [7, 11) is 0. The third-order valence-corrected chi connectivity index (χ3v) is 5.05. The number of nitro benzene ring substituents is 1. The lowest BCUT2D eigenvalue weighted by Gasteiger charge is -2.11. The lowest BCUT2D eigenvalue weighted by Crippen LogP contribution is -2.07. The second-order valence-corrected chi connectivity index (χ2v) is 7.32. The van der Waals surface area contributed by atoms with Crippen molar-refractivity contribution in [1.29, 1.82) is 0 Å². The van der Waals surface area contributed by atoms with Gasteiger partial charge in [0.2, 0.25) is 11.9 Å². The third-order valence-electron chi connectivity index (χ3n) is 5.05. The molecule has 0 spiro atoms. The number of fused-ring (bicyclic) bond motifs is 1. The van der Waals surface area contributed by atoms with Crippen molar-refractivity contribution in [2.75, 3.05) is 10.6 Å². The minimum Gasteiger partial charge on any atom is -0.340 e. The molecule has 3 aromatic carbocycles. The van der Waals surface area contributed by atoms with Gasteiger partial charge < -0.3 is 9.88 Å². The number of rotatable bonds is 7. The summed E-state index contributed by atoms with van der Waals surface area (Å²) < 4.78 is 2.08. The number of nitrogens with zero attached hydrogens (tertiary/aromatic N) is 5. The van der Waals surface area contributed by atoms with E-state index in [0.29, 0.717) is 29.9 Å². The van der Waals surface area contributed by atoms with Crippen molar-refractivity contribution in [3.05, 3.63) is 107 Å². The summed E-state index contributed by atoms with van der Waals surface area (Å²) >= 11 is 0. The van der Waals surface area contributed by atoms with E-state index < -0.39 is 4.92 Å². The molecule has 162 valence electrons. The van der Waals surface area contributed by atoms with Crippen molar-refractivity contribution < 1.29 is 4.92 Å². The van der Waals surface area contributed by atoms with Crippen LogP contribution < -0.4 is 10.6 Å². The molecule has 0 unspecified atom stereocenters. The smallest absolute Gasteiger partial charge is 0.271 e. The summed E-state index contributed by atoms with van der Waals surface area (Å²) in [5.74, 6) is 1.47. The van der Waals surface area contributed by atoms with E-state index in [-0.39, 0.29) is 5.69 Å². The molecule has 2 aromatic heterocycles. The highest BCUT2D eigenvalue weighted by atomic mass is 16.6. The molecule has 0 atom stereocenters. The second kappa shape index (κ2) is 8.75. The zero-order valence-corrected chi connectivity index (χ0v) is 17.4. The number of non-ortho nitro benzene ring substituents is 1. The fourth-order valence-corrected chi connectivity index (χ4v) is 3.53. The lowest BCUT2D eigenvalue weighted by atomic mass is 10.2. The molecule has 33 heavy (non-hydrogen) atoms. The van der Waals surface area contributed by atoms with Gasteiger partial charge in [-0.2, -0.15) is 4.98 Å². The van der Waals surface area contributed by atoms with E-state index in [1.807, 2.05) is 42.5 Å². The first-order chi connectivity index (χ1) is 16.2. The number of aromatic nitrogens is 4. The first-order valence-electron chi connectivity index (χ1n) is 10.3. The average molecular weight is 437 g/mol. The van der Waals surface area contributed by atoms with Crippen LogP contribution in [-0.2, 0) is 6.54 Å². The van der Waals surface area contributed by atoms with Gasteiger partial charge in [-0.3, -0.25) is 15.4 Å². The number of imidazole rings is 1. The van der Waals surface area contributed by atoms with Gasteiger partial charge in [0, 0.05) is 24.0 Å². The van der Waals surface area contributed by atoms with Crippen LogP contribution in [0.1, 0.15) is 5.56 Å². The van der Waals surface area contributed by atoms with Crippen molar-refractivity contribution in [1.82, 2.24) is 19.5 Å². The zero-order chi connectivity index (χ0) is 22.6. The molecule has 0 saturated carbocycles. The summed E-state index contributed by atoms with van der Waals surface area (Å²) in [4.78, 5) is 24.1. The monoisotopic (exact) mass is 437 g/mol. The predicted octanol–water partition coefficient (Wildman–Crippen LogP) is 5.27. The van der Waals surface area contributed by atoms with Crippen LogP contribution in [0.4, 0.5) is 29.1 Å². The van der Waals surface area contributed by atoms with Crippen molar-refractivity contribution >= 4 is 40.1 Å². The summed E-state index contributed by atoms with van der Waals surface area (Å²) in [6, 6.07) is 26.0. The maximum Gasteiger partial charge on any atom is 0.271 e. The van der Waals surface area contributed by atoms with E-state index >= 15 is 0 Å². The molecular formula is C24H19N7O2. The number of anilines is 4. The Morgan fingerprint density at radius 1 is 0.879 bits per heavy atom. The van der Waals surface area contributed by atoms with Gasteiger partial charge in [0.05, 0.1) is 22.5 Å². The maximum absolute atomic E-state index is 11.0. The SMILES string of the molecule is O=[N+]([O-])c1cccc(Nc2ccnc(Nc3nc4ccccc4n3Cc3ccccc3)n2)c1. The van der Waals surface area contributed by atoms with Crippen LogP contribution in [0.5, 0.6) is 0 Å². The van der Waals surface area contributed by atoms with E-state index in [4.69, 9.17) is 4.98 Å². The highest BCUT2D eigenvalue weighted by Gasteiger charge is 2.13. The molecule has 9 heteroatoms. The molecule has 0 fully saturated rings. The molecule has 0 amide bonds. The Kier molecular flexibility index (Phi) is 5.34. The van der Waals surface area contributed by atoms with Gasteiger partial charge in [-0.05, 0) is 29.8 Å². The van der Waals surface area contributed by atoms with Gasteiger partial charge >= 0.3 is 0 Å². The molecule has 9 nitrogen and oxygen atoms in total. The molecule has 0 bridgehead atoms. The van der Waals surface area contributed by atoms with Crippen LogP contribution in [0.15, 0.2) is 91.1 Å². The summed E-state index contributed by atoms with van der Waals surface area (Å²) in [5.41, 5.74) is 3.56. The lowest BCUT2D eigenvalue weighted by molar-refractivity contribution is -0.384. The molecule has 5 rings (SSSR count). The summed E-state index contributed by atoms with van der Waals surface area (Å²) in [5, 5.41) is 17.3. The Labute approximate surface area is 188 Å². The van der Waals surface area contributed by atoms with Gasteiger partial charge in [0.25, 0.3) is 5.69 Å². The van der Waals surface area contributed by atoms with Crippen LogP contribution in [0.2, 0.25) is 0 Å². The molecule has 2 heterocycles. The highest BCUT2D eigenvalue weighted by molar-refractivity contribution is 5.79. The Morgan fingerprint density at radius 2 is 1.70 bits per heavy atom. The van der Waals surface area contributed by atoms with Crippen LogP contribution >= 0.6 is 0 Å². The Morgan fingerprint density at radius 3 is 2.55 bits per heavy atom. The van der Waals surface area contributed by atoms with Crippen LogP contribution in [0, 0.1) is 10.1 Å². The standard InChI is InChI=1S/C24H19N7O2/c32-31(33)19-10-6-9-18(15-19)26-22-13-14-25-23(28-22)29-24-27-20-11-4-5-12-21(20)30(24)16-17-7-2-1-3-8-17/h1-15H,16H2,(H2,25,26,27,28,29).